The van der Waals surface area contributed by atoms with Crippen molar-refractivity contribution >= 4 is 63.8 Å². The Morgan fingerprint density at radius 1 is 1.22 bits per heavy atom. The third-order valence-corrected chi connectivity index (χ3v) is 8.35. The highest BCUT2D eigenvalue weighted by atomic mass is 35.5. The van der Waals surface area contributed by atoms with Crippen LogP contribution in [0.5, 0.6) is 0 Å². The number of hydrogen-bond acceptors (Lipinski definition) is 5. The van der Waals surface area contributed by atoms with E-state index in [-0.39, 0.29) is 21.4 Å². The van der Waals surface area contributed by atoms with E-state index in [4.69, 9.17) is 23.8 Å². The molecule has 1 N–H and O–H groups in total. The second-order valence-corrected chi connectivity index (χ2v) is 10.6. The van der Waals surface area contributed by atoms with Crippen LogP contribution >= 0.6 is 35.2 Å². The van der Waals surface area contributed by atoms with Gasteiger partial charge in [0.15, 0.2) is 5.11 Å². The highest BCUT2D eigenvalue weighted by Gasteiger charge is 2.35. The zero-order valence-electron chi connectivity index (χ0n) is 19.4. The number of nitriles is 1. The summed E-state index contributed by atoms with van der Waals surface area (Å²) in [6, 6.07) is 8.06. The molecule has 2 aliphatic rings. The molecule has 0 unspecified atom stereocenters. The topological polar surface area (TPSA) is 78.1 Å². The van der Waals surface area contributed by atoms with E-state index < -0.39 is 17.6 Å². The highest BCUT2D eigenvalue weighted by Crippen LogP contribution is 2.38. The van der Waals surface area contributed by atoms with E-state index in [1.807, 2.05) is 24.5 Å². The van der Waals surface area contributed by atoms with Gasteiger partial charge in [0.1, 0.15) is 22.5 Å². The van der Waals surface area contributed by atoms with Gasteiger partial charge in [0.2, 0.25) is 0 Å². The monoisotopic (exact) mass is 538 g/mol. The molecule has 5 rings (SSSR count). The summed E-state index contributed by atoms with van der Waals surface area (Å²) in [4.78, 5) is 28.5. The van der Waals surface area contributed by atoms with Crippen LogP contribution < -0.4 is 10.2 Å². The fourth-order valence-electron chi connectivity index (χ4n) is 4.74. The van der Waals surface area contributed by atoms with Crippen LogP contribution in [-0.2, 0) is 22.4 Å². The first-order valence-corrected chi connectivity index (χ1v) is 12.9. The largest absolute Gasteiger partial charge is 0.308 e. The number of carbonyl (C=O) groups excluding carboxylic acids is 2. The van der Waals surface area contributed by atoms with Crippen molar-refractivity contribution in [2.45, 2.75) is 39.5 Å². The SMILES string of the molecule is Cc1cc(/C=C2\C(=O)NC(=S)N(c3ccc(F)c(Cl)c3)C2=O)c(C)n1-c1sc2c(c1C#N)CCCC2. The number of halogens is 2. The van der Waals surface area contributed by atoms with Crippen LogP contribution in [0, 0.1) is 31.0 Å². The van der Waals surface area contributed by atoms with Crippen LogP contribution in [-0.4, -0.2) is 21.5 Å². The molecule has 0 radical (unpaired) electrons. The number of thiocarbonyl (C=S) groups is 1. The van der Waals surface area contributed by atoms with Crippen LogP contribution in [0.15, 0.2) is 29.8 Å². The summed E-state index contributed by atoms with van der Waals surface area (Å²) in [6.45, 7) is 3.83. The molecule has 36 heavy (non-hydrogen) atoms. The van der Waals surface area contributed by atoms with Gasteiger partial charge in [0.05, 0.1) is 16.3 Å². The molecule has 1 saturated heterocycles. The lowest BCUT2D eigenvalue weighted by Gasteiger charge is -2.29. The van der Waals surface area contributed by atoms with Crippen molar-refractivity contribution in [1.82, 2.24) is 9.88 Å². The third kappa shape index (κ3) is 3.95. The zero-order valence-corrected chi connectivity index (χ0v) is 21.8. The molecule has 10 heteroatoms. The zero-order chi connectivity index (χ0) is 25.7. The van der Waals surface area contributed by atoms with Gasteiger partial charge in [-0.3, -0.25) is 19.8 Å². The number of rotatable bonds is 3. The van der Waals surface area contributed by atoms with Crippen LogP contribution in [0.3, 0.4) is 0 Å². The molecule has 3 aromatic rings. The van der Waals surface area contributed by atoms with Gasteiger partial charge in [-0.05, 0) is 93.2 Å². The first-order chi connectivity index (χ1) is 17.2. The van der Waals surface area contributed by atoms with Gasteiger partial charge in [-0.25, -0.2) is 4.39 Å². The number of nitrogens with one attached hydrogen (secondary N) is 1. The number of hydrogen-bond donors (Lipinski definition) is 1. The molecule has 0 spiro atoms. The van der Waals surface area contributed by atoms with Gasteiger partial charge < -0.3 is 4.57 Å². The normalized spacial score (nSPS) is 16.8. The lowest BCUT2D eigenvalue weighted by molar-refractivity contribution is -0.122. The van der Waals surface area contributed by atoms with Crippen molar-refractivity contribution in [3.8, 4) is 11.1 Å². The second kappa shape index (κ2) is 9.28. The predicted octanol–water partition coefficient (Wildman–Crippen LogP) is 5.53. The van der Waals surface area contributed by atoms with Crippen molar-refractivity contribution in [3.05, 3.63) is 73.6 Å². The summed E-state index contributed by atoms with van der Waals surface area (Å²) in [7, 11) is 0. The Labute approximate surface area is 221 Å². The van der Waals surface area contributed by atoms with Gasteiger partial charge in [-0.1, -0.05) is 11.6 Å². The Morgan fingerprint density at radius 2 is 1.97 bits per heavy atom. The van der Waals surface area contributed by atoms with E-state index in [2.05, 4.69) is 11.4 Å². The van der Waals surface area contributed by atoms with Crippen molar-refractivity contribution < 1.29 is 14.0 Å². The number of benzene rings is 1. The minimum atomic E-state index is -0.638. The molecule has 3 heterocycles. The molecule has 1 fully saturated rings. The van der Waals surface area contributed by atoms with E-state index in [1.165, 1.54) is 23.1 Å². The first kappa shape index (κ1) is 24.4. The molecule has 6 nitrogen and oxygen atoms in total. The predicted molar refractivity (Wildman–Crippen MR) is 142 cm³/mol. The van der Waals surface area contributed by atoms with Crippen LogP contribution in [0.25, 0.3) is 11.1 Å². The van der Waals surface area contributed by atoms with Crippen LogP contribution in [0.2, 0.25) is 5.02 Å². The first-order valence-electron chi connectivity index (χ1n) is 11.3. The molecular formula is C26H20ClFN4O2S2. The minimum Gasteiger partial charge on any atom is -0.308 e. The summed E-state index contributed by atoms with van der Waals surface area (Å²) < 4.78 is 15.7. The summed E-state index contributed by atoms with van der Waals surface area (Å²) in [5, 5.41) is 13.0. The van der Waals surface area contributed by atoms with Gasteiger partial charge in [0, 0.05) is 16.3 Å². The fourth-order valence-corrected chi connectivity index (χ4v) is 6.65. The lowest BCUT2D eigenvalue weighted by Crippen LogP contribution is -2.54. The highest BCUT2D eigenvalue weighted by molar-refractivity contribution is 7.80. The van der Waals surface area contributed by atoms with Crippen LogP contribution in [0.4, 0.5) is 10.1 Å². The molecule has 2 amide bonds. The van der Waals surface area contributed by atoms with Crippen molar-refractivity contribution in [2.24, 2.45) is 0 Å². The van der Waals surface area contributed by atoms with Crippen molar-refractivity contribution in [2.75, 3.05) is 4.90 Å². The summed E-state index contributed by atoms with van der Waals surface area (Å²) in [5.41, 5.74) is 4.33. The molecule has 1 aliphatic carbocycles. The lowest BCUT2D eigenvalue weighted by atomic mass is 9.96. The van der Waals surface area contributed by atoms with Gasteiger partial charge in [-0.15, -0.1) is 11.3 Å². The van der Waals surface area contributed by atoms with Crippen LogP contribution in [0.1, 0.15) is 45.8 Å². The number of amides is 2. The van der Waals surface area contributed by atoms with Gasteiger partial charge >= 0.3 is 0 Å². The number of aryl methyl sites for hydroxylation is 2. The number of anilines is 1. The quantitative estimate of drug-likeness (QED) is 0.270. The smallest absolute Gasteiger partial charge is 0.270 e. The fraction of sp³-hybridized carbons (Fsp3) is 0.231. The Hall–Kier alpha value is -3.32. The van der Waals surface area contributed by atoms with E-state index in [1.54, 1.807) is 11.3 Å². The number of nitrogens with zero attached hydrogens (tertiary/aromatic N) is 3. The molecule has 1 aromatic carbocycles. The molecule has 182 valence electrons. The number of fused-ring (bicyclic) bond motifs is 1. The molecular weight excluding hydrogens is 519 g/mol. The second-order valence-electron chi connectivity index (χ2n) is 8.72. The number of aromatic nitrogens is 1. The number of thiophene rings is 1. The Kier molecular flexibility index (Phi) is 6.29. The maximum absolute atomic E-state index is 13.7. The third-order valence-electron chi connectivity index (χ3n) is 6.50. The Bertz CT molecular complexity index is 1550. The molecule has 0 atom stereocenters. The standard InChI is InChI=1S/C26H20ClFN4O2S2/c1-13-9-15(14(2)31(13)25-19(12-29)17-5-3-4-6-22(17)36-25)10-18-23(33)30-26(35)32(24(18)34)16-7-8-21(28)20(27)11-16/h7-11H,3-6H2,1-2H3,(H,30,33,35)/b18-10+. The molecule has 2 aromatic heterocycles. The Morgan fingerprint density at radius 3 is 2.69 bits per heavy atom. The maximum atomic E-state index is 13.7. The summed E-state index contributed by atoms with van der Waals surface area (Å²) in [5.74, 6) is -1.89. The summed E-state index contributed by atoms with van der Waals surface area (Å²) >= 11 is 12.8. The van der Waals surface area contributed by atoms with E-state index >= 15 is 0 Å². The molecule has 0 bridgehead atoms. The maximum Gasteiger partial charge on any atom is 0.270 e. The number of carbonyl (C=O) groups is 2. The van der Waals surface area contributed by atoms with E-state index in [0.717, 1.165) is 58.6 Å². The van der Waals surface area contributed by atoms with E-state index in [0.29, 0.717) is 11.1 Å². The average molecular weight is 539 g/mol. The summed E-state index contributed by atoms with van der Waals surface area (Å²) in [6.07, 6.45) is 5.60. The minimum absolute atomic E-state index is 0.113. The average Bonchev–Trinajstić information content (AvgIpc) is 3.34. The molecule has 1 aliphatic heterocycles. The van der Waals surface area contributed by atoms with Gasteiger partial charge in [-0.2, -0.15) is 5.26 Å². The Balaban J connectivity index is 1.57. The van der Waals surface area contributed by atoms with E-state index in [9.17, 15) is 19.2 Å². The van der Waals surface area contributed by atoms with Gasteiger partial charge in [0.25, 0.3) is 11.8 Å². The van der Waals surface area contributed by atoms with Crippen molar-refractivity contribution in [3.63, 3.8) is 0 Å². The van der Waals surface area contributed by atoms with Crippen molar-refractivity contribution in [1.29, 1.82) is 5.26 Å². The molecule has 0 saturated carbocycles.